The number of methoxy groups -OCH3 is 2. The molecule has 29 heavy (non-hydrogen) atoms. The second-order valence-corrected chi connectivity index (χ2v) is 7.63. The number of likely N-dealkylation sites (N-methyl/N-ethyl adjacent to an activating group) is 1. The quantitative estimate of drug-likeness (QED) is 0.308. The molecular weight excluding hydrogens is 479 g/mol. The van der Waals surface area contributed by atoms with E-state index in [1.807, 2.05) is 6.07 Å². The Bertz CT molecular complexity index is 619. The number of guanidine groups is 1. The van der Waals surface area contributed by atoms with Gasteiger partial charge in [-0.1, -0.05) is 6.07 Å². The predicted octanol–water partition coefficient (Wildman–Crippen LogP) is 3.49. The second-order valence-electron chi connectivity index (χ2n) is 7.63. The largest absolute Gasteiger partial charge is 0.493 e. The molecule has 7 heteroatoms. The van der Waals surface area contributed by atoms with Gasteiger partial charge in [-0.25, -0.2) is 0 Å². The molecule has 0 amide bonds. The van der Waals surface area contributed by atoms with Crippen molar-refractivity contribution in [1.82, 2.24) is 15.1 Å². The van der Waals surface area contributed by atoms with Crippen LogP contribution in [0.2, 0.25) is 0 Å². The van der Waals surface area contributed by atoms with Crippen LogP contribution >= 0.6 is 24.0 Å². The molecule has 1 aliphatic heterocycles. The molecule has 1 aromatic carbocycles. The van der Waals surface area contributed by atoms with E-state index in [2.05, 4.69) is 48.3 Å². The Morgan fingerprint density at radius 3 is 2.52 bits per heavy atom. The first-order valence-corrected chi connectivity index (χ1v) is 10.5. The van der Waals surface area contributed by atoms with Gasteiger partial charge in [-0.2, -0.15) is 0 Å². The maximum Gasteiger partial charge on any atom is 0.193 e. The average molecular weight is 518 g/mol. The summed E-state index contributed by atoms with van der Waals surface area (Å²) in [5.74, 6) is 3.36. The molecular formula is C22H39IN4O2. The molecule has 1 saturated heterocycles. The number of benzene rings is 1. The van der Waals surface area contributed by atoms with Crippen LogP contribution in [0.15, 0.2) is 23.2 Å². The summed E-state index contributed by atoms with van der Waals surface area (Å²) >= 11 is 0. The van der Waals surface area contributed by atoms with E-state index in [4.69, 9.17) is 14.5 Å². The number of ether oxygens (including phenoxy) is 2. The number of hydrogen-bond donors (Lipinski definition) is 1. The number of nitrogens with zero attached hydrogens (tertiary/aromatic N) is 3. The van der Waals surface area contributed by atoms with Crippen LogP contribution in [0.5, 0.6) is 11.5 Å². The zero-order valence-corrected chi connectivity index (χ0v) is 21.1. The Hall–Kier alpha value is -1.22. The van der Waals surface area contributed by atoms with E-state index in [0.29, 0.717) is 0 Å². The van der Waals surface area contributed by atoms with Gasteiger partial charge in [-0.05, 0) is 76.4 Å². The van der Waals surface area contributed by atoms with Crippen LogP contribution in [-0.4, -0.2) is 76.8 Å². The summed E-state index contributed by atoms with van der Waals surface area (Å²) < 4.78 is 10.7. The van der Waals surface area contributed by atoms with E-state index >= 15 is 0 Å². The molecule has 0 saturated carbocycles. The molecule has 1 aliphatic rings. The van der Waals surface area contributed by atoms with Crippen molar-refractivity contribution in [3.63, 3.8) is 0 Å². The summed E-state index contributed by atoms with van der Waals surface area (Å²) in [7, 11) is 7.66. The number of hydrogen-bond acceptors (Lipinski definition) is 4. The molecule has 1 aromatic rings. The van der Waals surface area contributed by atoms with Gasteiger partial charge in [-0.15, -0.1) is 24.0 Å². The third-order valence-electron chi connectivity index (χ3n) is 5.52. The van der Waals surface area contributed by atoms with Crippen LogP contribution in [0.4, 0.5) is 0 Å². The van der Waals surface area contributed by atoms with Crippen molar-refractivity contribution in [2.24, 2.45) is 10.9 Å². The first-order chi connectivity index (χ1) is 13.6. The van der Waals surface area contributed by atoms with Gasteiger partial charge in [0.25, 0.3) is 0 Å². The van der Waals surface area contributed by atoms with Crippen LogP contribution in [0.3, 0.4) is 0 Å². The molecule has 1 N–H and O–H groups in total. The molecule has 0 aromatic heterocycles. The fourth-order valence-electron chi connectivity index (χ4n) is 3.61. The highest BCUT2D eigenvalue weighted by molar-refractivity contribution is 14.0. The van der Waals surface area contributed by atoms with Crippen LogP contribution < -0.4 is 14.8 Å². The van der Waals surface area contributed by atoms with Crippen molar-refractivity contribution >= 4 is 29.9 Å². The monoisotopic (exact) mass is 518 g/mol. The van der Waals surface area contributed by atoms with E-state index in [-0.39, 0.29) is 24.0 Å². The van der Waals surface area contributed by atoms with Crippen molar-refractivity contribution in [3.05, 3.63) is 23.8 Å². The van der Waals surface area contributed by atoms with Gasteiger partial charge in [0.2, 0.25) is 0 Å². The number of piperidine rings is 1. The zero-order chi connectivity index (χ0) is 20.4. The SMILES string of the molecule is CCNC(=NCCC1CCN(C)CC1)N(C)CCc1ccc(OC)c(OC)c1.I. The second kappa shape index (κ2) is 13.9. The van der Waals surface area contributed by atoms with E-state index < -0.39 is 0 Å². The topological polar surface area (TPSA) is 49.3 Å². The molecule has 0 bridgehead atoms. The van der Waals surface area contributed by atoms with Crippen LogP contribution in [0, 0.1) is 5.92 Å². The summed E-state index contributed by atoms with van der Waals surface area (Å²) in [6.45, 7) is 7.24. The highest BCUT2D eigenvalue weighted by Gasteiger charge is 2.16. The number of halogens is 1. The molecule has 0 aliphatic carbocycles. The summed E-state index contributed by atoms with van der Waals surface area (Å²) in [6, 6.07) is 6.12. The lowest BCUT2D eigenvalue weighted by atomic mass is 9.94. The fourth-order valence-corrected chi connectivity index (χ4v) is 3.61. The van der Waals surface area contributed by atoms with Crippen molar-refractivity contribution in [2.45, 2.75) is 32.6 Å². The standard InChI is InChI=1S/C22H38N4O2.HI/c1-6-23-22(24-13-9-18-10-14-25(2)15-11-18)26(3)16-12-19-7-8-20(27-4)21(17-19)28-5;/h7-8,17-18H,6,9-16H2,1-5H3,(H,23,24);1H. The Morgan fingerprint density at radius 1 is 1.21 bits per heavy atom. The number of likely N-dealkylation sites (tertiary alicyclic amines) is 1. The van der Waals surface area contributed by atoms with Crippen LogP contribution in [0.1, 0.15) is 31.7 Å². The van der Waals surface area contributed by atoms with Crippen molar-refractivity contribution < 1.29 is 9.47 Å². The lowest BCUT2D eigenvalue weighted by Crippen LogP contribution is -2.40. The van der Waals surface area contributed by atoms with Gasteiger partial charge in [-0.3, -0.25) is 4.99 Å². The molecule has 166 valence electrons. The van der Waals surface area contributed by atoms with Crippen molar-refractivity contribution in [2.75, 3.05) is 61.0 Å². The van der Waals surface area contributed by atoms with Crippen LogP contribution in [0.25, 0.3) is 0 Å². The highest BCUT2D eigenvalue weighted by Crippen LogP contribution is 2.27. The lowest BCUT2D eigenvalue weighted by Gasteiger charge is -2.28. The minimum atomic E-state index is 0. The molecule has 2 rings (SSSR count). The summed E-state index contributed by atoms with van der Waals surface area (Å²) in [5, 5.41) is 3.43. The minimum Gasteiger partial charge on any atom is -0.493 e. The Labute approximate surface area is 194 Å². The number of rotatable bonds is 9. The first kappa shape index (κ1) is 25.8. The third-order valence-corrected chi connectivity index (χ3v) is 5.52. The molecule has 0 radical (unpaired) electrons. The molecule has 0 atom stereocenters. The molecule has 6 nitrogen and oxygen atoms in total. The zero-order valence-electron chi connectivity index (χ0n) is 18.7. The van der Waals surface area contributed by atoms with E-state index in [1.54, 1.807) is 14.2 Å². The first-order valence-electron chi connectivity index (χ1n) is 10.5. The van der Waals surface area contributed by atoms with Gasteiger partial charge in [0.05, 0.1) is 14.2 Å². The van der Waals surface area contributed by atoms with Crippen molar-refractivity contribution in [3.8, 4) is 11.5 Å². The summed E-state index contributed by atoms with van der Waals surface area (Å²) in [5.41, 5.74) is 1.23. The third kappa shape index (κ3) is 8.58. The Morgan fingerprint density at radius 2 is 1.90 bits per heavy atom. The molecule has 1 fully saturated rings. The van der Waals surface area contributed by atoms with Crippen molar-refractivity contribution in [1.29, 1.82) is 0 Å². The van der Waals surface area contributed by atoms with Crippen LogP contribution in [-0.2, 0) is 6.42 Å². The molecule has 1 heterocycles. The highest BCUT2D eigenvalue weighted by atomic mass is 127. The van der Waals surface area contributed by atoms with E-state index in [1.165, 1.54) is 37.9 Å². The summed E-state index contributed by atoms with van der Waals surface area (Å²) in [6.07, 6.45) is 4.72. The van der Waals surface area contributed by atoms with Gasteiger partial charge in [0, 0.05) is 26.7 Å². The lowest BCUT2D eigenvalue weighted by molar-refractivity contribution is 0.214. The van der Waals surface area contributed by atoms with Gasteiger partial charge < -0.3 is 24.6 Å². The normalized spacial score (nSPS) is 15.6. The fraction of sp³-hybridized carbons (Fsp3) is 0.682. The van der Waals surface area contributed by atoms with E-state index in [0.717, 1.165) is 49.4 Å². The Kier molecular flexibility index (Phi) is 12.4. The molecule has 0 unspecified atom stereocenters. The van der Waals surface area contributed by atoms with E-state index in [9.17, 15) is 0 Å². The van der Waals surface area contributed by atoms with Gasteiger partial charge in [0.15, 0.2) is 17.5 Å². The maximum absolute atomic E-state index is 5.41. The number of nitrogens with one attached hydrogen (secondary N) is 1. The van der Waals surface area contributed by atoms with Gasteiger partial charge in [0.1, 0.15) is 0 Å². The average Bonchev–Trinajstić information content (AvgIpc) is 2.72. The van der Waals surface area contributed by atoms with Gasteiger partial charge >= 0.3 is 0 Å². The minimum absolute atomic E-state index is 0. The summed E-state index contributed by atoms with van der Waals surface area (Å²) in [4.78, 5) is 9.51. The Balaban J connectivity index is 0.00000420. The number of aliphatic imine (C=N–C) groups is 1. The molecule has 0 spiro atoms. The predicted molar refractivity (Wildman–Crippen MR) is 132 cm³/mol. The smallest absolute Gasteiger partial charge is 0.193 e. The maximum atomic E-state index is 5.41.